The van der Waals surface area contributed by atoms with Crippen LogP contribution < -0.4 is 0 Å². The van der Waals surface area contributed by atoms with Crippen LogP contribution in [0, 0.1) is 0 Å². The monoisotopic (exact) mass is 298 g/mol. The van der Waals surface area contributed by atoms with E-state index < -0.39 is 0 Å². The van der Waals surface area contributed by atoms with E-state index in [1.807, 2.05) is 24.3 Å². The van der Waals surface area contributed by atoms with Crippen LogP contribution in [-0.2, 0) is 0 Å². The lowest BCUT2D eigenvalue weighted by Gasteiger charge is -2.05. The Bertz CT molecular complexity index is 798. The fourth-order valence-electron chi connectivity index (χ4n) is 2.30. The molecule has 21 heavy (non-hydrogen) atoms. The molecule has 2 aromatic carbocycles. The largest absolute Gasteiger partial charge is 0.453 e. The van der Waals surface area contributed by atoms with Gasteiger partial charge < -0.3 is 4.42 Å². The topological polar surface area (TPSA) is 30.2 Å². The van der Waals surface area contributed by atoms with Crippen LogP contribution in [0.4, 0.5) is 0 Å². The van der Waals surface area contributed by atoms with Crippen LogP contribution in [0.15, 0.2) is 52.9 Å². The lowest BCUT2D eigenvalue weighted by molar-refractivity contribution is 0.101. The summed E-state index contributed by atoms with van der Waals surface area (Å²) in [4.78, 5) is 12.5. The molecule has 3 aromatic rings. The number of carbonyl (C=O) groups excluding carboxylic acids is 1. The van der Waals surface area contributed by atoms with E-state index in [9.17, 15) is 4.79 Å². The molecule has 3 rings (SSSR count). The average molecular weight is 299 g/mol. The summed E-state index contributed by atoms with van der Waals surface area (Å²) in [6.45, 7) is 4.25. The lowest BCUT2D eigenvalue weighted by Crippen LogP contribution is -2.00. The van der Waals surface area contributed by atoms with Gasteiger partial charge in [0, 0.05) is 10.9 Å². The molecule has 0 radical (unpaired) electrons. The van der Waals surface area contributed by atoms with Crippen LogP contribution in [0.1, 0.15) is 41.4 Å². The third-order valence-electron chi connectivity index (χ3n) is 3.57. The highest BCUT2D eigenvalue weighted by Gasteiger charge is 2.16. The fourth-order valence-corrected chi connectivity index (χ4v) is 2.52. The molecule has 0 saturated heterocycles. The van der Waals surface area contributed by atoms with Crippen molar-refractivity contribution in [3.63, 3.8) is 0 Å². The molecule has 1 heterocycles. The molecule has 0 atom stereocenters. The Morgan fingerprint density at radius 3 is 2.43 bits per heavy atom. The second-order valence-corrected chi connectivity index (χ2v) is 5.78. The molecule has 0 saturated carbocycles. The third kappa shape index (κ3) is 2.59. The quantitative estimate of drug-likeness (QED) is 0.603. The summed E-state index contributed by atoms with van der Waals surface area (Å²) in [5.74, 6) is 0.632. The SMILES string of the molecule is CC(C)c1ccc(C(=O)c2cc3c(Cl)cccc3o2)cc1. The van der Waals surface area contributed by atoms with Crippen molar-refractivity contribution in [1.29, 1.82) is 0 Å². The van der Waals surface area contributed by atoms with Crippen molar-refractivity contribution in [2.45, 2.75) is 19.8 Å². The first-order valence-corrected chi connectivity index (χ1v) is 7.27. The number of fused-ring (bicyclic) bond motifs is 1. The van der Waals surface area contributed by atoms with Gasteiger partial charge in [-0.05, 0) is 29.7 Å². The van der Waals surface area contributed by atoms with Crippen LogP contribution in [0.2, 0.25) is 5.02 Å². The van der Waals surface area contributed by atoms with Gasteiger partial charge in [-0.1, -0.05) is 55.8 Å². The molecule has 0 aliphatic rings. The Kier molecular flexibility index (Phi) is 3.56. The minimum atomic E-state index is -0.127. The molecule has 0 bridgehead atoms. The summed E-state index contributed by atoms with van der Waals surface area (Å²) < 4.78 is 5.61. The van der Waals surface area contributed by atoms with Crippen LogP contribution >= 0.6 is 11.6 Å². The molecule has 0 N–H and O–H groups in total. The second-order valence-electron chi connectivity index (χ2n) is 5.37. The number of halogens is 1. The van der Waals surface area contributed by atoms with E-state index in [-0.39, 0.29) is 5.78 Å². The number of hydrogen-bond acceptors (Lipinski definition) is 2. The van der Waals surface area contributed by atoms with Gasteiger partial charge in [-0.25, -0.2) is 0 Å². The molecule has 0 amide bonds. The van der Waals surface area contributed by atoms with E-state index in [0.29, 0.717) is 27.8 Å². The number of ketones is 1. The standard InChI is InChI=1S/C18H15ClO2/c1-11(2)12-6-8-13(9-7-12)18(20)17-10-14-15(19)4-3-5-16(14)21-17/h3-11H,1-2H3. The van der Waals surface area contributed by atoms with E-state index in [4.69, 9.17) is 16.0 Å². The minimum Gasteiger partial charge on any atom is -0.453 e. The molecular weight excluding hydrogens is 284 g/mol. The van der Waals surface area contributed by atoms with Crippen molar-refractivity contribution < 1.29 is 9.21 Å². The van der Waals surface area contributed by atoms with Crippen LogP contribution in [-0.4, -0.2) is 5.78 Å². The number of furan rings is 1. The van der Waals surface area contributed by atoms with Gasteiger partial charge in [0.2, 0.25) is 5.78 Å². The smallest absolute Gasteiger partial charge is 0.228 e. The van der Waals surface area contributed by atoms with Crippen molar-refractivity contribution in [2.24, 2.45) is 0 Å². The van der Waals surface area contributed by atoms with Gasteiger partial charge in [0.05, 0.1) is 5.02 Å². The van der Waals surface area contributed by atoms with Crippen molar-refractivity contribution in [1.82, 2.24) is 0 Å². The van der Waals surface area contributed by atoms with E-state index >= 15 is 0 Å². The van der Waals surface area contributed by atoms with Gasteiger partial charge in [-0.3, -0.25) is 4.79 Å². The van der Waals surface area contributed by atoms with Crippen molar-refractivity contribution in [3.05, 3.63) is 70.4 Å². The van der Waals surface area contributed by atoms with Gasteiger partial charge in [0.15, 0.2) is 5.76 Å². The number of hydrogen-bond donors (Lipinski definition) is 0. The fraction of sp³-hybridized carbons (Fsp3) is 0.167. The summed E-state index contributed by atoms with van der Waals surface area (Å²) >= 11 is 6.11. The maximum absolute atomic E-state index is 12.5. The second kappa shape index (κ2) is 5.38. The van der Waals surface area contributed by atoms with Gasteiger partial charge >= 0.3 is 0 Å². The third-order valence-corrected chi connectivity index (χ3v) is 3.90. The van der Waals surface area contributed by atoms with Crippen molar-refractivity contribution in [3.8, 4) is 0 Å². The van der Waals surface area contributed by atoms with E-state index in [1.165, 1.54) is 5.56 Å². The zero-order valence-corrected chi connectivity index (χ0v) is 12.6. The molecular formula is C18H15ClO2. The number of carbonyl (C=O) groups is 1. The first kappa shape index (κ1) is 13.9. The first-order chi connectivity index (χ1) is 10.1. The van der Waals surface area contributed by atoms with Crippen molar-refractivity contribution >= 4 is 28.4 Å². The molecule has 0 aliphatic heterocycles. The highest BCUT2D eigenvalue weighted by Crippen LogP contribution is 2.28. The number of rotatable bonds is 3. The molecule has 1 aromatic heterocycles. The summed E-state index contributed by atoms with van der Waals surface area (Å²) in [6, 6.07) is 14.7. The maximum Gasteiger partial charge on any atom is 0.228 e. The Balaban J connectivity index is 1.98. The number of benzene rings is 2. The summed E-state index contributed by atoms with van der Waals surface area (Å²) in [6.07, 6.45) is 0. The maximum atomic E-state index is 12.5. The molecule has 0 spiro atoms. The summed E-state index contributed by atoms with van der Waals surface area (Å²) in [7, 11) is 0. The van der Waals surface area contributed by atoms with Crippen LogP contribution in [0.5, 0.6) is 0 Å². The van der Waals surface area contributed by atoms with Gasteiger partial charge in [-0.2, -0.15) is 0 Å². The summed E-state index contributed by atoms with van der Waals surface area (Å²) in [5.41, 5.74) is 2.46. The molecule has 0 fully saturated rings. The van der Waals surface area contributed by atoms with Crippen LogP contribution in [0.25, 0.3) is 11.0 Å². The highest BCUT2D eigenvalue weighted by atomic mass is 35.5. The normalized spacial score (nSPS) is 11.2. The first-order valence-electron chi connectivity index (χ1n) is 6.89. The highest BCUT2D eigenvalue weighted by molar-refractivity contribution is 6.35. The Morgan fingerprint density at radius 2 is 1.81 bits per heavy atom. The van der Waals surface area contributed by atoms with E-state index in [1.54, 1.807) is 24.3 Å². The molecule has 0 aliphatic carbocycles. The van der Waals surface area contributed by atoms with Crippen LogP contribution in [0.3, 0.4) is 0 Å². The molecule has 0 unspecified atom stereocenters. The van der Waals surface area contributed by atoms with E-state index in [0.717, 1.165) is 5.39 Å². The van der Waals surface area contributed by atoms with E-state index in [2.05, 4.69) is 13.8 Å². The summed E-state index contributed by atoms with van der Waals surface area (Å²) in [5, 5.41) is 1.35. The average Bonchev–Trinajstić information content (AvgIpc) is 2.92. The molecule has 2 nitrogen and oxygen atoms in total. The Hall–Kier alpha value is -2.06. The van der Waals surface area contributed by atoms with Crippen molar-refractivity contribution in [2.75, 3.05) is 0 Å². The lowest BCUT2D eigenvalue weighted by atomic mass is 10.00. The minimum absolute atomic E-state index is 0.127. The van der Waals surface area contributed by atoms with Gasteiger partial charge in [0.25, 0.3) is 0 Å². The predicted octanol–water partition coefficient (Wildman–Crippen LogP) is 5.44. The van der Waals surface area contributed by atoms with Gasteiger partial charge in [-0.15, -0.1) is 0 Å². The zero-order valence-electron chi connectivity index (χ0n) is 11.9. The Morgan fingerprint density at radius 1 is 1.10 bits per heavy atom. The van der Waals surface area contributed by atoms with Gasteiger partial charge in [0.1, 0.15) is 5.58 Å². The molecule has 3 heteroatoms. The predicted molar refractivity (Wildman–Crippen MR) is 85.2 cm³/mol. The molecule has 106 valence electrons. The Labute approximate surface area is 128 Å². The zero-order chi connectivity index (χ0) is 15.0.